The third kappa shape index (κ3) is 3.42. The Morgan fingerprint density at radius 3 is 2.75 bits per heavy atom. The summed E-state index contributed by atoms with van der Waals surface area (Å²) in [5.74, 6) is 1.37. The van der Waals surface area contributed by atoms with Crippen molar-refractivity contribution in [2.75, 3.05) is 0 Å². The predicted molar refractivity (Wildman–Crippen MR) is 53.3 cm³/mol. The first-order chi connectivity index (χ1) is 5.58. The molecule has 1 heteroatoms. The van der Waals surface area contributed by atoms with Gasteiger partial charge in [-0.05, 0) is 20.8 Å². The van der Waals surface area contributed by atoms with E-state index in [0.717, 1.165) is 6.42 Å². The van der Waals surface area contributed by atoms with Gasteiger partial charge < -0.3 is 17.5 Å². The van der Waals surface area contributed by atoms with E-state index in [-0.39, 0.29) is 5.54 Å². The fraction of sp³-hybridized carbons (Fsp3) is 0.455. The third-order valence-corrected chi connectivity index (χ3v) is 1.61. The molecule has 0 amide bonds. The monoisotopic (exact) mass is 163 g/mol. The maximum Gasteiger partial charge on any atom is 0.0174 e. The molecular weight excluding hydrogens is 146 g/mol. The zero-order chi connectivity index (χ0) is 9.03. The highest BCUT2D eigenvalue weighted by Crippen LogP contribution is 2.19. The van der Waals surface area contributed by atoms with E-state index in [1.54, 1.807) is 0 Å². The minimum Gasteiger partial charge on any atom is -0.437 e. The Morgan fingerprint density at radius 2 is 2.25 bits per heavy atom. The molecule has 0 saturated heterocycles. The molecule has 1 aliphatic rings. The summed E-state index contributed by atoms with van der Waals surface area (Å²) in [7, 11) is 0. The summed E-state index contributed by atoms with van der Waals surface area (Å²) in [6, 6.07) is 0. The standard InChI is InChI=1S/C11H17N/c1-11(2,3)12-9-8-10-6-4-5-7-10/h4-6,8-9,12H,7H2,1-3H3/q-2. The molecule has 68 valence electrons. The van der Waals surface area contributed by atoms with Crippen molar-refractivity contribution in [2.24, 2.45) is 0 Å². The van der Waals surface area contributed by atoms with Gasteiger partial charge in [0, 0.05) is 5.54 Å². The minimum atomic E-state index is 0.170. The SMILES string of the molecule is CC(C)(C)NC=C[C-]1C=C[CH-]C1. The topological polar surface area (TPSA) is 12.0 Å². The Hall–Kier alpha value is -0.980. The van der Waals surface area contributed by atoms with E-state index in [0.29, 0.717) is 0 Å². The molecule has 0 heterocycles. The van der Waals surface area contributed by atoms with E-state index >= 15 is 0 Å². The van der Waals surface area contributed by atoms with Crippen molar-refractivity contribution in [1.82, 2.24) is 5.32 Å². The maximum absolute atomic E-state index is 3.30. The zero-order valence-electron chi connectivity index (χ0n) is 8.09. The smallest absolute Gasteiger partial charge is 0.0174 e. The van der Waals surface area contributed by atoms with Gasteiger partial charge in [-0.25, -0.2) is 5.92 Å². The average molecular weight is 163 g/mol. The number of rotatable bonds is 2. The van der Waals surface area contributed by atoms with Crippen LogP contribution in [0.25, 0.3) is 0 Å². The van der Waals surface area contributed by atoms with Crippen molar-refractivity contribution >= 4 is 0 Å². The Labute approximate surface area is 75.6 Å². The lowest BCUT2D eigenvalue weighted by molar-refractivity contribution is 0.491. The number of nitrogens with one attached hydrogen (secondary N) is 1. The van der Waals surface area contributed by atoms with Crippen molar-refractivity contribution in [3.63, 3.8) is 0 Å². The van der Waals surface area contributed by atoms with Crippen molar-refractivity contribution < 1.29 is 0 Å². The third-order valence-electron chi connectivity index (χ3n) is 1.61. The summed E-state index contributed by atoms with van der Waals surface area (Å²) in [5, 5.41) is 3.30. The van der Waals surface area contributed by atoms with Crippen LogP contribution in [0.3, 0.4) is 0 Å². The molecule has 0 aliphatic heterocycles. The molecule has 0 spiro atoms. The molecular formula is C11H17N-2. The molecule has 0 atom stereocenters. The number of allylic oxidation sites excluding steroid dienone is 3. The second-order valence-electron chi connectivity index (χ2n) is 4.10. The molecule has 0 saturated carbocycles. The highest BCUT2D eigenvalue weighted by molar-refractivity contribution is 5.32. The minimum absolute atomic E-state index is 0.170. The van der Waals surface area contributed by atoms with Gasteiger partial charge in [-0.3, -0.25) is 6.42 Å². The van der Waals surface area contributed by atoms with E-state index in [2.05, 4.69) is 50.7 Å². The first-order valence-corrected chi connectivity index (χ1v) is 4.38. The van der Waals surface area contributed by atoms with Crippen molar-refractivity contribution in [2.45, 2.75) is 32.7 Å². The molecule has 0 unspecified atom stereocenters. The molecule has 1 N–H and O–H groups in total. The largest absolute Gasteiger partial charge is 0.437 e. The summed E-state index contributed by atoms with van der Waals surface area (Å²) < 4.78 is 0. The second kappa shape index (κ2) is 3.61. The molecule has 0 radical (unpaired) electrons. The molecule has 0 fully saturated rings. The van der Waals surface area contributed by atoms with Crippen molar-refractivity contribution in [3.8, 4) is 0 Å². The van der Waals surface area contributed by atoms with Gasteiger partial charge in [0.05, 0.1) is 0 Å². The molecule has 0 aromatic rings. The van der Waals surface area contributed by atoms with E-state index in [1.165, 1.54) is 5.92 Å². The van der Waals surface area contributed by atoms with Crippen LogP contribution in [0.15, 0.2) is 24.4 Å². The van der Waals surface area contributed by atoms with E-state index in [9.17, 15) is 0 Å². The van der Waals surface area contributed by atoms with Crippen LogP contribution in [-0.2, 0) is 0 Å². The Balaban J connectivity index is 2.26. The Kier molecular flexibility index (Phi) is 2.74. The van der Waals surface area contributed by atoms with Crippen LogP contribution in [0.2, 0.25) is 0 Å². The highest BCUT2D eigenvalue weighted by atomic mass is 14.9. The van der Waals surface area contributed by atoms with Gasteiger partial charge in [0.15, 0.2) is 0 Å². The second-order valence-corrected chi connectivity index (χ2v) is 4.10. The summed E-state index contributed by atoms with van der Waals surface area (Å²) in [5.41, 5.74) is 0.170. The Bertz CT molecular complexity index is 184. The maximum atomic E-state index is 3.30. The van der Waals surface area contributed by atoms with Crippen LogP contribution < -0.4 is 5.32 Å². The van der Waals surface area contributed by atoms with Crippen LogP contribution in [0.1, 0.15) is 27.2 Å². The van der Waals surface area contributed by atoms with Crippen LogP contribution in [0.5, 0.6) is 0 Å². The fourth-order valence-electron chi connectivity index (χ4n) is 0.986. The van der Waals surface area contributed by atoms with E-state index in [4.69, 9.17) is 0 Å². The lowest BCUT2D eigenvalue weighted by Crippen LogP contribution is -2.31. The molecule has 1 rings (SSSR count). The summed E-state index contributed by atoms with van der Waals surface area (Å²) in [4.78, 5) is 0. The van der Waals surface area contributed by atoms with E-state index < -0.39 is 0 Å². The molecule has 1 aliphatic carbocycles. The summed E-state index contributed by atoms with van der Waals surface area (Å²) >= 11 is 0. The lowest BCUT2D eigenvalue weighted by atomic mass is 10.1. The highest BCUT2D eigenvalue weighted by Gasteiger charge is 2.02. The first kappa shape index (κ1) is 9.11. The summed E-state index contributed by atoms with van der Waals surface area (Å²) in [6.07, 6.45) is 11.6. The van der Waals surface area contributed by atoms with Crippen molar-refractivity contribution in [1.29, 1.82) is 0 Å². The fourth-order valence-corrected chi connectivity index (χ4v) is 0.986. The Morgan fingerprint density at radius 1 is 1.50 bits per heavy atom. The van der Waals surface area contributed by atoms with Gasteiger partial charge in [-0.2, -0.15) is 6.08 Å². The molecule has 0 bridgehead atoms. The first-order valence-electron chi connectivity index (χ1n) is 4.38. The van der Waals surface area contributed by atoms with Crippen molar-refractivity contribution in [3.05, 3.63) is 36.8 Å². The summed E-state index contributed by atoms with van der Waals surface area (Å²) in [6.45, 7) is 6.45. The van der Waals surface area contributed by atoms with Gasteiger partial charge in [0.1, 0.15) is 0 Å². The quantitative estimate of drug-likeness (QED) is 0.617. The average Bonchev–Trinajstić information content (AvgIpc) is 2.36. The number of hydrogen-bond acceptors (Lipinski definition) is 1. The van der Waals surface area contributed by atoms with Crippen LogP contribution >= 0.6 is 0 Å². The molecule has 12 heavy (non-hydrogen) atoms. The normalized spacial score (nSPS) is 17.1. The lowest BCUT2D eigenvalue weighted by Gasteiger charge is -2.23. The van der Waals surface area contributed by atoms with Gasteiger partial charge in [0.2, 0.25) is 0 Å². The molecule has 0 aromatic heterocycles. The number of hydrogen-bond donors (Lipinski definition) is 1. The van der Waals surface area contributed by atoms with Gasteiger partial charge >= 0.3 is 0 Å². The van der Waals surface area contributed by atoms with Crippen LogP contribution in [-0.4, -0.2) is 5.54 Å². The van der Waals surface area contributed by atoms with Gasteiger partial charge in [-0.1, -0.05) is 0 Å². The predicted octanol–water partition coefficient (Wildman–Crippen LogP) is 2.63. The van der Waals surface area contributed by atoms with E-state index in [1.807, 2.05) is 6.20 Å². The van der Waals surface area contributed by atoms with Crippen LogP contribution in [0, 0.1) is 12.3 Å². The molecule has 1 nitrogen and oxygen atoms in total. The molecule has 0 aromatic carbocycles. The van der Waals surface area contributed by atoms with Gasteiger partial charge in [0.25, 0.3) is 0 Å². The van der Waals surface area contributed by atoms with Crippen LogP contribution in [0.4, 0.5) is 0 Å². The zero-order valence-corrected chi connectivity index (χ0v) is 8.09. The van der Waals surface area contributed by atoms with Gasteiger partial charge in [-0.15, -0.1) is 12.6 Å².